The average molecular weight is 243 g/mol. The molecule has 3 nitrogen and oxygen atoms in total. The van der Waals surface area contributed by atoms with Crippen LogP contribution in [-0.4, -0.2) is 5.78 Å². The van der Waals surface area contributed by atoms with Crippen LogP contribution in [0, 0.1) is 12.3 Å². The molecule has 0 saturated heterocycles. The van der Waals surface area contributed by atoms with Crippen LogP contribution in [-0.2, 0) is 4.79 Å². The van der Waals surface area contributed by atoms with Gasteiger partial charge >= 0.3 is 0 Å². The minimum absolute atomic E-state index is 0.0769. The number of fused-ring (bicyclic) bond motifs is 1. The monoisotopic (exact) mass is 243 g/mol. The summed E-state index contributed by atoms with van der Waals surface area (Å²) in [5.74, 6) is 2.00. The SMILES string of the molecule is CC1=C2N[C@@H](c3ccc(C)o3)C(C)(C)C=C2C1=O. The van der Waals surface area contributed by atoms with E-state index in [1.54, 1.807) is 0 Å². The highest BCUT2D eigenvalue weighted by molar-refractivity contribution is 6.19. The Labute approximate surface area is 107 Å². The Morgan fingerprint density at radius 3 is 2.61 bits per heavy atom. The number of ketones is 1. The molecular formula is C15H17NO2. The Morgan fingerprint density at radius 2 is 2.00 bits per heavy atom. The molecule has 3 rings (SSSR count). The Kier molecular flexibility index (Phi) is 2.12. The lowest BCUT2D eigenvalue weighted by Crippen LogP contribution is -2.43. The Balaban J connectivity index is 2.05. The number of furan rings is 1. The predicted molar refractivity (Wildman–Crippen MR) is 68.9 cm³/mol. The summed E-state index contributed by atoms with van der Waals surface area (Å²) in [6, 6.07) is 4.05. The first kappa shape index (κ1) is 11.3. The zero-order valence-electron chi connectivity index (χ0n) is 11.1. The van der Waals surface area contributed by atoms with Gasteiger partial charge in [0.25, 0.3) is 0 Å². The molecule has 0 fully saturated rings. The fraction of sp³-hybridized carbons (Fsp3) is 0.400. The van der Waals surface area contributed by atoms with E-state index in [4.69, 9.17) is 4.42 Å². The number of Topliss-reactive ketones (excluding diaryl/α,β-unsaturated/α-hetero) is 1. The van der Waals surface area contributed by atoms with Crippen molar-refractivity contribution in [1.82, 2.24) is 5.32 Å². The van der Waals surface area contributed by atoms with Crippen LogP contribution in [0.1, 0.15) is 38.3 Å². The maximum Gasteiger partial charge on any atom is 0.192 e. The number of carbonyl (C=O) groups is 1. The van der Waals surface area contributed by atoms with Gasteiger partial charge in [0.1, 0.15) is 11.5 Å². The molecule has 1 aromatic heterocycles. The highest BCUT2D eigenvalue weighted by Gasteiger charge is 2.43. The molecule has 3 heteroatoms. The van der Waals surface area contributed by atoms with Crippen LogP contribution in [0.25, 0.3) is 0 Å². The van der Waals surface area contributed by atoms with Gasteiger partial charge in [0, 0.05) is 16.6 Å². The third-order valence-corrected chi connectivity index (χ3v) is 3.82. The highest BCUT2D eigenvalue weighted by atomic mass is 16.3. The van der Waals surface area contributed by atoms with Gasteiger partial charge in [-0.25, -0.2) is 0 Å². The number of hydrogen-bond acceptors (Lipinski definition) is 3. The lowest BCUT2D eigenvalue weighted by molar-refractivity contribution is -0.113. The molecule has 0 spiro atoms. The smallest absolute Gasteiger partial charge is 0.192 e. The van der Waals surface area contributed by atoms with Crippen molar-refractivity contribution in [1.29, 1.82) is 0 Å². The van der Waals surface area contributed by atoms with Gasteiger partial charge in [-0.05, 0) is 26.0 Å². The summed E-state index contributed by atoms with van der Waals surface area (Å²) in [6.07, 6.45) is 2.07. The van der Waals surface area contributed by atoms with Gasteiger partial charge in [-0.1, -0.05) is 19.9 Å². The number of rotatable bonds is 1. The number of nitrogens with one attached hydrogen (secondary N) is 1. The lowest BCUT2D eigenvalue weighted by atomic mass is 9.72. The quantitative estimate of drug-likeness (QED) is 0.824. The van der Waals surface area contributed by atoms with Crippen LogP contribution in [0.15, 0.2) is 39.5 Å². The van der Waals surface area contributed by atoms with Crippen LogP contribution in [0.5, 0.6) is 0 Å². The molecule has 0 unspecified atom stereocenters. The highest BCUT2D eigenvalue weighted by Crippen LogP contribution is 2.45. The van der Waals surface area contributed by atoms with Crippen molar-refractivity contribution < 1.29 is 9.21 Å². The van der Waals surface area contributed by atoms with E-state index in [1.807, 2.05) is 26.0 Å². The van der Waals surface area contributed by atoms with Gasteiger partial charge in [0.15, 0.2) is 5.78 Å². The summed E-state index contributed by atoms with van der Waals surface area (Å²) in [4.78, 5) is 11.7. The molecule has 0 radical (unpaired) electrons. The first-order chi connectivity index (χ1) is 8.40. The minimum Gasteiger partial charge on any atom is -0.464 e. The summed E-state index contributed by atoms with van der Waals surface area (Å²) >= 11 is 0. The van der Waals surface area contributed by atoms with E-state index in [9.17, 15) is 4.79 Å². The van der Waals surface area contributed by atoms with E-state index in [0.717, 1.165) is 28.4 Å². The van der Waals surface area contributed by atoms with Gasteiger partial charge in [-0.15, -0.1) is 0 Å². The van der Waals surface area contributed by atoms with E-state index in [0.29, 0.717) is 0 Å². The molecule has 1 aliphatic carbocycles. The summed E-state index contributed by atoms with van der Waals surface area (Å²) < 4.78 is 5.73. The number of aryl methyl sites for hydroxylation is 1. The zero-order valence-corrected chi connectivity index (χ0v) is 11.1. The molecule has 0 aromatic carbocycles. The van der Waals surface area contributed by atoms with Gasteiger partial charge in [-0.2, -0.15) is 0 Å². The lowest BCUT2D eigenvalue weighted by Gasteiger charge is -2.41. The second-order valence-corrected chi connectivity index (χ2v) is 5.73. The van der Waals surface area contributed by atoms with Crippen molar-refractivity contribution in [2.24, 2.45) is 5.41 Å². The molecule has 1 aromatic rings. The Hall–Kier alpha value is -1.77. The van der Waals surface area contributed by atoms with Crippen LogP contribution in [0.2, 0.25) is 0 Å². The van der Waals surface area contributed by atoms with E-state index < -0.39 is 0 Å². The fourth-order valence-corrected chi connectivity index (χ4v) is 2.72. The minimum atomic E-state index is -0.139. The summed E-state index contributed by atoms with van der Waals surface area (Å²) in [6.45, 7) is 8.04. The van der Waals surface area contributed by atoms with E-state index in [2.05, 4.69) is 25.2 Å². The molecule has 0 amide bonds. The van der Waals surface area contributed by atoms with Gasteiger partial charge in [-0.3, -0.25) is 4.79 Å². The van der Waals surface area contributed by atoms with Crippen molar-refractivity contribution in [2.45, 2.75) is 33.7 Å². The molecule has 1 atom stereocenters. The van der Waals surface area contributed by atoms with Gasteiger partial charge in [0.2, 0.25) is 0 Å². The second kappa shape index (κ2) is 3.37. The molecule has 2 heterocycles. The number of allylic oxidation sites excluding steroid dienone is 2. The molecule has 1 N–H and O–H groups in total. The third-order valence-electron chi connectivity index (χ3n) is 3.82. The number of hydrogen-bond donors (Lipinski definition) is 1. The standard InChI is InChI=1S/C15H17NO2/c1-8-5-6-11(18-8)14-15(3,4)7-10-12(16-14)9(2)13(10)17/h5-7,14,16H,1-4H3/t14-/m0/s1. The third kappa shape index (κ3) is 1.40. The maximum absolute atomic E-state index is 11.7. The van der Waals surface area contributed by atoms with Gasteiger partial charge in [0.05, 0.1) is 11.7 Å². The molecule has 0 bridgehead atoms. The first-order valence-corrected chi connectivity index (χ1v) is 6.22. The summed E-state index contributed by atoms with van der Waals surface area (Å²) in [7, 11) is 0. The largest absolute Gasteiger partial charge is 0.464 e. The Morgan fingerprint density at radius 1 is 1.28 bits per heavy atom. The molecular weight excluding hydrogens is 226 g/mol. The Bertz CT molecular complexity index is 602. The zero-order chi connectivity index (χ0) is 13.1. The normalized spacial score (nSPS) is 25.2. The van der Waals surface area contributed by atoms with Crippen molar-refractivity contribution in [3.8, 4) is 0 Å². The van der Waals surface area contributed by atoms with Crippen molar-refractivity contribution in [2.75, 3.05) is 0 Å². The fourth-order valence-electron chi connectivity index (χ4n) is 2.72. The average Bonchev–Trinajstić information content (AvgIpc) is 2.73. The number of carbonyl (C=O) groups excluding carboxylic acids is 1. The van der Waals surface area contributed by atoms with Gasteiger partial charge < -0.3 is 9.73 Å². The molecule has 2 aliphatic rings. The van der Waals surface area contributed by atoms with Crippen LogP contribution < -0.4 is 5.32 Å². The van der Waals surface area contributed by atoms with Crippen LogP contribution >= 0.6 is 0 Å². The molecule has 0 saturated carbocycles. The molecule has 94 valence electrons. The van der Waals surface area contributed by atoms with Crippen molar-refractivity contribution in [3.63, 3.8) is 0 Å². The van der Waals surface area contributed by atoms with Crippen LogP contribution in [0.3, 0.4) is 0 Å². The van der Waals surface area contributed by atoms with Crippen molar-refractivity contribution in [3.05, 3.63) is 46.6 Å². The van der Waals surface area contributed by atoms with Crippen LogP contribution in [0.4, 0.5) is 0 Å². The second-order valence-electron chi connectivity index (χ2n) is 5.73. The molecule has 1 aliphatic heterocycles. The van der Waals surface area contributed by atoms with E-state index in [-0.39, 0.29) is 17.2 Å². The van der Waals surface area contributed by atoms with E-state index >= 15 is 0 Å². The van der Waals surface area contributed by atoms with Crippen molar-refractivity contribution >= 4 is 5.78 Å². The first-order valence-electron chi connectivity index (χ1n) is 6.22. The summed E-state index contributed by atoms with van der Waals surface area (Å²) in [5.41, 5.74) is 2.50. The maximum atomic E-state index is 11.7. The summed E-state index contributed by atoms with van der Waals surface area (Å²) in [5, 5.41) is 3.45. The van der Waals surface area contributed by atoms with E-state index in [1.165, 1.54) is 0 Å². The topological polar surface area (TPSA) is 42.2 Å². The molecule has 18 heavy (non-hydrogen) atoms. The predicted octanol–water partition coefficient (Wildman–Crippen LogP) is 3.04.